The lowest BCUT2D eigenvalue weighted by Gasteiger charge is -2.10. The van der Waals surface area contributed by atoms with Gasteiger partial charge in [-0.3, -0.25) is 0 Å². The summed E-state index contributed by atoms with van der Waals surface area (Å²) >= 11 is 6.12. The van der Waals surface area contributed by atoms with E-state index in [0.717, 1.165) is 12.1 Å². The van der Waals surface area contributed by atoms with Gasteiger partial charge in [-0.25, -0.2) is 9.37 Å². The van der Waals surface area contributed by atoms with E-state index in [1.165, 1.54) is 18.2 Å². The molecule has 2 heterocycles. The first kappa shape index (κ1) is 18.5. The summed E-state index contributed by atoms with van der Waals surface area (Å²) in [5.74, 6) is -0.460. The number of benzene rings is 2. The second-order valence-electron chi connectivity index (χ2n) is 6.44. The summed E-state index contributed by atoms with van der Waals surface area (Å²) in [6.07, 6.45) is -4.39. The van der Waals surface area contributed by atoms with E-state index >= 15 is 0 Å². The minimum absolute atomic E-state index is 0.245. The van der Waals surface area contributed by atoms with Crippen molar-refractivity contribution in [3.05, 3.63) is 76.6 Å². The number of aromatic amines is 1. The van der Waals surface area contributed by atoms with Gasteiger partial charge in [0.25, 0.3) is 0 Å². The Morgan fingerprint density at radius 3 is 2.46 bits per heavy atom. The molecule has 0 aliphatic heterocycles. The number of H-pyrrole nitrogens is 1. The summed E-state index contributed by atoms with van der Waals surface area (Å²) in [7, 11) is 0. The maximum Gasteiger partial charge on any atom is 0.416 e. The Kier molecular flexibility index (Phi) is 4.38. The molecule has 4 aromatic rings. The van der Waals surface area contributed by atoms with E-state index in [1.807, 2.05) is 0 Å². The molecule has 0 amide bonds. The van der Waals surface area contributed by atoms with E-state index in [2.05, 4.69) is 9.97 Å². The topological polar surface area (TPSA) is 28.7 Å². The lowest BCUT2D eigenvalue weighted by Crippen LogP contribution is -2.05. The third kappa shape index (κ3) is 3.24. The van der Waals surface area contributed by atoms with E-state index in [0.29, 0.717) is 33.5 Å². The van der Waals surface area contributed by atoms with Crippen molar-refractivity contribution in [1.29, 1.82) is 0 Å². The van der Waals surface area contributed by atoms with Gasteiger partial charge in [-0.05, 0) is 55.0 Å². The average molecular weight is 405 g/mol. The van der Waals surface area contributed by atoms with E-state index in [9.17, 15) is 17.6 Å². The molecule has 1 N–H and O–H groups in total. The molecule has 28 heavy (non-hydrogen) atoms. The van der Waals surface area contributed by atoms with E-state index in [-0.39, 0.29) is 10.6 Å². The zero-order chi connectivity index (χ0) is 20.1. The van der Waals surface area contributed by atoms with Crippen LogP contribution in [-0.4, -0.2) is 9.97 Å². The molecule has 0 atom stereocenters. The summed E-state index contributed by atoms with van der Waals surface area (Å²) in [5, 5.41) is 0.269. The maximum absolute atomic E-state index is 14.2. The number of aryl methyl sites for hydroxylation is 1. The lowest BCUT2D eigenvalue weighted by molar-refractivity contribution is -0.137. The lowest BCUT2D eigenvalue weighted by atomic mass is 10.0. The highest BCUT2D eigenvalue weighted by molar-refractivity contribution is 6.33. The third-order valence-electron chi connectivity index (χ3n) is 4.54. The van der Waals surface area contributed by atoms with E-state index in [4.69, 9.17) is 11.6 Å². The first-order valence-electron chi connectivity index (χ1n) is 8.36. The largest absolute Gasteiger partial charge is 0.416 e. The number of hydrogen-bond acceptors (Lipinski definition) is 1. The molecule has 2 nitrogen and oxygen atoms in total. The standard InChI is InChI=1S/C21H13ClF4N2/c1-11-9-12(21(24,25)26)5-6-13(11)16-7-8-17-18(27-16)10-19(28-17)20-14(22)3-2-4-15(20)23/h2-10,28H,1H3. The minimum atomic E-state index is -4.39. The molecule has 0 unspecified atom stereocenters. The number of hydrogen-bond donors (Lipinski definition) is 1. The molecular formula is C21H13ClF4N2. The molecule has 0 bridgehead atoms. The number of pyridine rings is 1. The number of nitrogens with zero attached hydrogens (tertiary/aromatic N) is 1. The highest BCUT2D eigenvalue weighted by Gasteiger charge is 2.30. The Bertz CT molecular complexity index is 1170. The first-order chi connectivity index (χ1) is 13.2. The van der Waals surface area contributed by atoms with Crippen LogP contribution in [0.4, 0.5) is 17.6 Å². The Balaban J connectivity index is 1.79. The fraction of sp³-hybridized carbons (Fsp3) is 0.0952. The van der Waals surface area contributed by atoms with Crippen LogP contribution in [0.25, 0.3) is 33.5 Å². The number of alkyl halides is 3. The van der Waals surface area contributed by atoms with Crippen LogP contribution in [0.3, 0.4) is 0 Å². The summed E-state index contributed by atoms with van der Waals surface area (Å²) in [6.45, 7) is 1.61. The van der Waals surface area contributed by atoms with Crippen molar-refractivity contribution in [1.82, 2.24) is 9.97 Å². The molecule has 7 heteroatoms. The Hall–Kier alpha value is -2.86. The van der Waals surface area contributed by atoms with Gasteiger partial charge in [-0.1, -0.05) is 23.7 Å². The van der Waals surface area contributed by atoms with Crippen LogP contribution >= 0.6 is 11.6 Å². The third-order valence-corrected chi connectivity index (χ3v) is 4.85. The van der Waals surface area contributed by atoms with Crippen LogP contribution in [0.1, 0.15) is 11.1 Å². The zero-order valence-corrected chi connectivity index (χ0v) is 15.3. The Morgan fingerprint density at radius 2 is 1.79 bits per heavy atom. The number of nitrogens with one attached hydrogen (secondary N) is 1. The maximum atomic E-state index is 14.2. The molecule has 142 valence electrons. The van der Waals surface area contributed by atoms with Crippen LogP contribution in [0, 0.1) is 12.7 Å². The van der Waals surface area contributed by atoms with E-state index in [1.54, 1.807) is 31.2 Å². The molecule has 0 aliphatic carbocycles. The normalized spacial score (nSPS) is 11.9. The van der Waals surface area contributed by atoms with Crippen molar-refractivity contribution < 1.29 is 17.6 Å². The zero-order valence-electron chi connectivity index (χ0n) is 14.5. The Morgan fingerprint density at radius 1 is 1.00 bits per heavy atom. The van der Waals surface area contributed by atoms with Crippen LogP contribution < -0.4 is 0 Å². The molecule has 0 spiro atoms. The van der Waals surface area contributed by atoms with Crippen molar-refractivity contribution >= 4 is 22.6 Å². The van der Waals surface area contributed by atoms with E-state index < -0.39 is 17.6 Å². The van der Waals surface area contributed by atoms with Crippen molar-refractivity contribution in [2.45, 2.75) is 13.1 Å². The molecule has 4 rings (SSSR count). The average Bonchev–Trinajstić information content (AvgIpc) is 3.03. The fourth-order valence-corrected chi connectivity index (χ4v) is 3.44. The first-order valence-corrected chi connectivity index (χ1v) is 8.74. The molecule has 0 radical (unpaired) electrons. The smallest absolute Gasteiger partial charge is 0.353 e. The molecule has 0 aliphatic rings. The SMILES string of the molecule is Cc1cc(C(F)(F)F)ccc1-c1ccc2[nH]c(-c3c(F)cccc3Cl)cc2n1. The van der Waals surface area contributed by atoms with Gasteiger partial charge in [0.2, 0.25) is 0 Å². The highest BCUT2D eigenvalue weighted by Crippen LogP contribution is 2.35. The van der Waals surface area contributed by atoms with Gasteiger partial charge in [0.15, 0.2) is 0 Å². The summed E-state index contributed by atoms with van der Waals surface area (Å²) < 4.78 is 52.8. The van der Waals surface area contributed by atoms with Gasteiger partial charge in [0.05, 0.1) is 38.6 Å². The van der Waals surface area contributed by atoms with Crippen LogP contribution in [0.5, 0.6) is 0 Å². The molecule has 0 fully saturated rings. The molecular weight excluding hydrogens is 392 g/mol. The summed E-state index contributed by atoms with van der Waals surface area (Å²) in [6, 6.07) is 13.1. The number of rotatable bonds is 2. The van der Waals surface area contributed by atoms with Crippen LogP contribution in [0.2, 0.25) is 5.02 Å². The van der Waals surface area contributed by atoms with Crippen molar-refractivity contribution in [3.63, 3.8) is 0 Å². The predicted octanol–water partition coefficient (Wildman–Crippen LogP) is 7.02. The second kappa shape index (κ2) is 6.63. The van der Waals surface area contributed by atoms with Gasteiger partial charge in [-0.2, -0.15) is 13.2 Å². The van der Waals surface area contributed by atoms with Crippen LogP contribution in [0.15, 0.2) is 54.6 Å². The summed E-state index contributed by atoms with van der Waals surface area (Å²) in [5.41, 5.74) is 2.85. The number of halogens is 5. The van der Waals surface area contributed by atoms with Gasteiger partial charge < -0.3 is 4.98 Å². The van der Waals surface area contributed by atoms with Crippen molar-refractivity contribution in [2.75, 3.05) is 0 Å². The van der Waals surface area contributed by atoms with Gasteiger partial charge in [-0.15, -0.1) is 0 Å². The van der Waals surface area contributed by atoms with Crippen molar-refractivity contribution in [3.8, 4) is 22.5 Å². The minimum Gasteiger partial charge on any atom is -0.353 e. The molecule has 2 aromatic carbocycles. The molecule has 0 saturated heterocycles. The van der Waals surface area contributed by atoms with Gasteiger partial charge >= 0.3 is 6.18 Å². The summed E-state index contributed by atoms with van der Waals surface area (Å²) in [4.78, 5) is 7.61. The monoisotopic (exact) mass is 404 g/mol. The fourth-order valence-electron chi connectivity index (χ4n) is 3.18. The van der Waals surface area contributed by atoms with Gasteiger partial charge in [0, 0.05) is 5.56 Å². The molecule has 2 aromatic heterocycles. The Labute approximate surface area is 162 Å². The highest BCUT2D eigenvalue weighted by atomic mass is 35.5. The van der Waals surface area contributed by atoms with Crippen molar-refractivity contribution in [2.24, 2.45) is 0 Å². The quantitative estimate of drug-likeness (QED) is 0.357. The second-order valence-corrected chi connectivity index (χ2v) is 6.84. The number of aromatic nitrogens is 2. The van der Waals surface area contributed by atoms with Crippen LogP contribution in [-0.2, 0) is 6.18 Å². The molecule has 0 saturated carbocycles. The van der Waals surface area contributed by atoms with Gasteiger partial charge in [0.1, 0.15) is 5.82 Å². The predicted molar refractivity (Wildman–Crippen MR) is 102 cm³/mol. The number of fused-ring (bicyclic) bond motifs is 1.